The first-order chi connectivity index (χ1) is 11.7. The van der Waals surface area contributed by atoms with Gasteiger partial charge in [-0.1, -0.05) is 66.2 Å². The lowest BCUT2D eigenvalue weighted by atomic mass is 9.95. The van der Waals surface area contributed by atoms with Crippen LogP contribution in [-0.2, 0) is 0 Å². The quantitative estimate of drug-likeness (QED) is 0.382. The predicted molar refractivity (Wildman–Crippen MR) is 98.4 cm³/mol. The molecule has 0 radical (unpaired) electrons. The molecular formula is C21H14ClFO. The van der Waals surface area contributed by atoms with Crippen molar-refractivity contribution >= 4 is 33.1 Å². The van der Waals surface area contributed by atoms with Gasteiger partial charge in [0, 0.05) is 16.5 Å². The highest BCUT2D eigenvalue weighted by Gasteiger charge is 2.16. The zero-order valence-electron chi connectivity index (χ0n) is 13.0. The van der Waals surface area contributed by atoms with Gasteiger partial charge in [-0.25, -0.2) is 4.39 Å². The third-order valence-corrected chi connectivity index (χ3v) is 4.60. The van der Waals surface area contributed by atoms with Crippen LogP contribution in [0, 0.1) is 5.82 Å². The van der Waals surface area contributed by atoms with Crippen LogP contribution in [0.1, 0.15) is 0 Å². The lowest BCUT2D eigenvalue weighted by Gasteiger charge is -2.15. The van der Waals surface area contributed by atoms with Crippen LogP contribution in [0.5, 0.6) is 5.75 Å². The number of ether oxygens (including phenoxy) is 1. The first-order valence-electron chi connectivity index (χ1n) is 7.63. The van der Waals surface area contributed by atoms with Crippen molar-refractivity contribution in [2.75, 3.05) is 7.11 Å². The highest BCUT2D eigenvalue weighted by molar-refractivity contribution is 6.31. The van der Waals surface area contributed by atoms with E-state index in [0.29, 0.717) is 16.9 Å². The van der Waals surface area contributed by atoms with Gasteiger partial charge in [0.15, 0.2) is 0 Å². The molecule has 0 saturated heterocycles. The molecule has 0 atom stereocenters. The van der Waals surface area contributed by atoms with Gasteiger partial charge in [-0.05, 0) is 28.3 Å². The molecule has 0 spiro atoms. The average Bonchev–Trinajstić information content (AvgIpc) is 2.63. The Balaban J connectivity index is 2.14. The van der Waals surface area contributed by atoms with Crippen LogP contribution in [0.25, 0.3) is 32.7 Å². The van der Waals surface area contributed by atoms with Crippen LogP contribution in [0.3, 0.4) is 0 Å². The molecular weight excluding hydrogens is 323 g/mol. The van der Waals surface area contributed by atoms with E-state index in [2.05, 4.69) is 24.3 Å². The summed E-state index contributed by atoms with van der Waals surface area (Å²) in [6, 6.07) is 21.1. The molecule has 0 amide bonds. The molecule has 0 fully saturated rings. The van der Waals surface area contributed by atoms with E-state index < -0.39 is 5.82 Å². The number of methoxy groups -OCH3 is 1. The van der Waals surface area contributed by atoms with Gasteiger partial charge in [0.2, 0.25) is 0 Å². The molecule has 24 heavy (non-hydrogen) atoms. The Labute approximate surface area is 144 Å². The minimum absolute atomic E-state index is 0.104. The highest BCUT2D eigenvalue weighted by Crippen LogP contribution is 2.41. The second-order valence-electron chi connectivity index (χ2n) is 5.63. The number of fused-ring (bicyclic) bond motifs is 3. The molecule has 0 bridgehead atoms. The monoisotopic (exact) mass is 336 g/mol. The molecule has 4 aromatic carbocycles. The lowest BCUT2D eigenvalue weighted by Crippen LogP contribution is -1.93. The predicted octanol–water partition coefficient (Wildman–Crippen LogP) is 6.46. The minimum Gasteiger partial charge on any atom is -0.495 e. The third kappa shape index (κ3) is 2.22. The van der Waals surface area contributed by atoms with E-state index in [4.69, 9.17) is 16.3 Å². The molecule has 0 aliphatic carbocycles. The van der Waals surface area contributed by atoms with Crippen molar-refractivity contribution in [3.63, 3.8) is 0 Å². The summed E-state index contributed by atoms with van der Waals surface area (Å²) in [6.07, 6.45) is 0. The standard InChI is InChI=1S/C21H14ClFO/c1-24-21-17(16-7-4-8-18(22)20(16)23)12-11-14-10-9-13-5-2-3-6-15(13)19(14)21/h2-12H,1H3. The van der Waals surface area contributed by atoms with E-state index in [1.807, 2.05) is 24.3 Å². The number of halogens is 2. The summed E-state index contributed by atoms with van der Waals surface area (Å²) in [7, 11) is 1.61. The van der Waals surface area contributed by atoms with Crippen LogP contribution in [0.4, 0.5) is 4.39 Å². The summed E-state index contributed by atoms with van der Waals surface area (Å²) in [4.78, 5) is 0. The number of benzene rings is 4. The molecule has 1 nitrogen and oxygen atoms in total. The van der Waals surface area contributed by atoms with Crippen molar-refractivity contribution in [1.82, 2.24) is 0 Å². The molecule has 4 rings (SSSR count). The van der Waals surface area contributed by atoms with Gasteiger partial charge in [0.25, 0.3) is 0 Å². The summed E-state index contributed by atoms with van der Waals surface area (Å²) in [5, 5.41) is 4.33. The van der Waals surface area contributed by atoms with Gasteiger partial charge in [-0.2, -0.15) is 0 Å². The Hall–Kier alpha value is -2.58. The van der Waals surface area contributed by atoms with E-state index in [9.17, 15) is 4.39 Å². The Kier molecular flexibility index (Phi) is 3.62. The van der Waals surface area contributed by atoms with Crippen LogP contribution in [-0.4, -0.2) is 7.11 Å². The summed E-state index contributed by atoms with van der Waals surface area (Å²) in [6.45, 7) is 0. The maximum Gasteiger partial charge on any atom is 0.149 e. The maximum atomic E-state index is 14.5. The number of rotatable bonds is 2. The molecule has 0 saturated carbocycles. The average molecular weight is 337 g/mol. The smallest absolute Gasteiger partial charge is 0.149 e. The van der Waals surface area contributed by atoms with Crippen molar-refractivity contribution in [2.45, 2.75) is 0 Å². The van der Waals surface area contributed by atoms with Crippen LogP contribution < -0.4 is 4.74 Å². The summed E-state index contributed by atoms with van der Waals surface area (Å²) >= 11 is 5.96. The normalized spacial score (nSPS) is 11.1. The first kappa shape index (κ1) is 15.0. The van der Waals surface area contributed by atoms with Crippen LogP contribution >= 0.6 is 11.6 Å². The van der Waals surface area contributed by atoms with Crippen molar-refractivity contribution in [1.29, 1.82) is 0 Å². The molecule has 0 aromatic heterocycles. The van der Waals surface area contributed by atoms with E-state index >= 15 is 0 Å². The van der Waals surface area contributed by atoms with E-state index in [-0.39, 0.29) is 5.02 Å². The topological polar surface area (TPSA) is 9.23 Å². The molecule has 118 valence electrons. The Bertz CT molecular complexity index is 1070. The fourth-order valence-corrected chi connectivity index (χ4v) is 3.37. The summed E-state index contributed by atoms with van der Waals surface area (Å²) < 4.78 is 20.2. The Morgan fingerprint density at radius 3 is 2.38 bits per heavy atom. The minimum atomic E-state index is -0.433. The van der Waals surface area contributed by atoms with Crippen molar-refractivity contribution < 1.29 is 9.13 Å². The van der Waals surface area contributed by atoms with E-state index in [1.165, 1.54) is 0 Å². The highest BCUT2D eigenvalue weighted by atomic mass is 35.5. The molecule has 3 heteroatoms. The molecule has 0 aliphatic heterocycles. The number of hydrogen-bond donors (Lipinski definition) is 0. The first-order valence-corrected chi connectivity index (χ1v) is 8.01. The van der Waals surface area contributed by atoms with Gasteiger partial charge >= 0.3 is 0 Å². The molecule has 0 N–H and O–H groups in total. The SMILES string of the molecule is COc1c(-c2cccc(Cl)c2F)ccc2ccc3ccccc3c12. The third-order valence-electron chi connectivity index (χ3n) is 4.31. The van der Waals surface area contributed by atoms with Crippen molar-refractivity contribution in [3.8, 4) is 16.9 Å². The second kappa shape index (κ2) is 5.81. The maximum absolute atomic E-state index is 14.5. The fraction of sp³-hybridized carbons (Fsp3) is 0.0476. The van der Waals surface area contributed by atoms with Gasteiger partial charge < -0.3 is 4.74 Å². The Morgan fingerprint density at radius 2 is 1.54 bits per heavy atom. The van der Waals surface area contributed by atoms with Gasteiger partial charge in [0.1, 0.15) is 11.6 Å². The molecule has 4 aromatic rings. The molecule has 0 heterocycles. The van der Waals surface area contributed by atoms with Crippen molar-refractivity contribution in [3.05, 3.63) is 77.6 Å². The lowest BCUT2D eigenvalue weighted by molar-refractivity contribution is 0.421. The summed E-state index contributed by atoms with van der Waals surface area (Å²) in [5.74, 6) is 0.225. The van der Waals surface area contributed by atoms with Gasteiger partial charge in [-0.15, -0.1) is 0 Å². The largest absolute Gasteiger partial charge is 0.495 e. The van der Waals surface area contributed by atoms with Gasteiger partial charge in [-0.3, -0.25) is 0 Å². The fourth-order valence-electron chi connectivity index (χ4n) is 3.20. The summed E-state index contributed by atoms with van der Waals surface area (Å²) in [5.41, 5.74) is 1.13. The molecule has 0 unspecified atom stereocenters. The van der Waals surface area contributed by atoms with Gasteiger partial charge in [0.05, 0.1) is 12.1 Å². The van der Waals surface area contributed by atoms with E-state index in [0.717, 1.165) is 21.5 Å². The zero-order valence-corrected chi connectivity index (χ0v) is 13.8. The van der Waals surface area contributed by atoms with E-state index in [1.54, 1.807) is 25.3 Å². The van der Waals surface area contributed by atoms with Crippen molar-refractivity contribution in [2.24, 2.45) is 0 Å². The zero-order chi connectivity index (χ0) is 16.7. The molecule has 0 aliphatic rings. The second-order valence-corrected chi connectivity index (χ2v) is 6.04. The Morgan fingerprint density at radius 1 is 0.792 bits per heavy atom. The van der Waals surface area contributed by atoms with Crippen LogP contribution in [0.15, 0.2) is 66.7 Å². The number of hydrogen-bond acceptors (Lipinski definition) is 1. The van der Waals surface area contributed by atoms with Crippen LogP contribution in [0.2, 0.25) is 5.02 Å².